The lowest BCUT2D eigenvalue weighted by atomic mass is 9.96. The molecule has 0 aliphatic heterocycles. The summed E-state index contributed by atoms with van der Waals surface area (Å²) in [5, 5.41) is 8.72. The average Bonchev–Trinajstić information content (AvgIpc) is 2.13. The number of carbonyl (C=O) groups excluding carboxylic acids is 2. The summed E-state index contributed by atoms with van der Waals surface area (Å²) < 4.78 is 0. The average molecular weight is 215 g/mol. The smallest absolute Gasteiger partial charge is 0.314 e. The van der Waals surface area contributed by atoms with Gasteiger partial charge in [0.1, 0.15) is 11.7 Å². The fraction of sp³-hybridized carbons (Fsp3) is 0.700. The summed E-state index contributed by atoms with van der Waals surface area (Å²) in [5.74, 6) is -3.70. The molecule has 0 aromatic rings. The van der Waals surface area contributed by atoms with Gasteiger partial charge in [0.25, 0.3) is 0 Å². The van der Waals surface area contributed by atoms with Crippen LogP contribution in [0.5, 0.6) is 0 Å². The number of Topliss-reactive ketones (excluding diaryl/α,β-unsaturated/α-hetero) is 1. The van der Waals surface area contributed by atoms with E-state index in [1.165, 1.54) is 0 Å². The quantitative estimate of drug-likeness (QED) is 0.460. The van der Waals surface area contributed by atoms with Gasteiger partial charge in [0.05, 0.1) is 0 Å². The number of ketones is 1. The standard InChI is InChI=1S/C10H17NO4/c1-2-3-4-5-8(12)7(10(14)15)6-9(11)13/h7H,2-6H2,1H3,(H2,11,13)(H,14,15). The van der Waals surface area contributed by atoms with Crippen molar-refractivity contribution in [2.24, 2.45) is 11.7 Å². The highest BCUT2D eigenvalue weighted by Crippen LogP contribution is 2.10. The molecule has 0 aliphatic rings. The van der Waals surface area contributed by atoms with Crippen LogP contribution in [0, 0.1) is 5.92 Å². The number of carboxylic acids is 1. The first kappa shape index (κ1) is 13.6. The normalized spacial score (nSPS) is 12.1. The van der Waals surface area contributed by atoms with E-state index in [9.17, 15) is 14.4 Å². The molecule has 5 heteroatoms. The second-order valence-electron chi connectivity index (χ2n) is 3.48. The Labute approximate surface area is 88.6 Å². The number of hydrogen-bond donors (Lipinski definition) is 2. The number of nitrogens with two attached hydrogens (primary N) is 1. The Morgan fingerprint density at radius 1 is 1.27 bits per heavy atom. The number of hydrogen-bond acceptors (Lipinski definition) is 3. The minimum atomic E-state index is -1.27. The fourth-order valence-electron chi connectivity index (χ4n) is 1.26. The van der Waals surface area contributed by atoms with Crippen LogP contribution in [0.3, 0.4) is 0 Å². The van der Waals surface area contributed by atoms with Crippen molar-refractivity contribution in [1.29, 1.82) is 0 Å². The Kier molecular flexibility index (Phi) is 6.33. The van der Waals surface area contributed by atoms with Gasteiger partial charge >= 0.3 is 5.97 Å². The fourth-order valence-corrected chi connectivity index (χ4v) is 1.26. The Bertz CT molecular complexity index is 250. The minimum absolute atomic E-state index is 0.206. The molecule has 0 fully saturated rings. The van der Waals surface area contributed by atoms with Crippen LogP contribution in [0.1, 0.15) is 39.0 Å². The number of carboxylic acid groups (broad SMARTS) is 1. The molecule has 1 atom stereocenters. The molecule has 0 bridgehead atoms. The molecule has 1 amide bonds. The minimum Gasteiger partial charge on any atom is -0.481 e. The lowest BCUT2D eigenvalue weighted by Gasteiger charge is -2.08. The summed E-state index contributed by atoms with van der Waals surface area (Å²) in [7, 11) is 0. The molecule has 1 unspecified atom stereocenters. The number of carbonyl (C=O) groups is 3. The Balaban J connectivity index is 4.17. The zero-order valence-corrected chi connectivity index (χ0v) is 8.86. The maximum absolute atomic E-state index is 11.4. The maximum atomic E-state index is 11.4. The topological polar surface area (TPSA) is 97.5 Å². The van der Waals surface area contributed by atoms with Gasteiger partial charge in [-0.15, -0.1) is 0 Å². The van der Waals surface area contributed by atoms with Crippen LogP contribution in [-0.4, -0.2) is 22.8 Å². The molecule has 15 heavy (non-hydrogen) atoms. The van der Waals surface area contributed by atoms with E-state index in [2.05, 4.69) is 0 Å². The number of primary amides is 1. The molecular formula is C10H17NO4. The molecular weight excluding hydrogens is 198 g/mol. The predicted octanol–water partition coefficient (Wildman–Crippen LogP) is 0.712. The lowest BCUT2D eigenvalue weighted by molar-refractivity contribution is -0.148. The van der Waals surface area contributed by atoms with Crippen LogP contribution in [0.4, 0.5) is 0 Å². The van der Waals surface area contributed by atoms with Crippen molar-refractivity contribution in [3.63, 3.8) is 0 Å². The second kappa shape index (κ2) is 6.98. The van der Waals surface area contributed by atoms with E-state index < -0.39 is 30.0 Å². The zero-order valence-electron chi connectivity index (χ0n) is 8.86. The summed E-state index contributed by atoms with van der Waals surface area (Å²) in [6.45, 7) is 1.99. The van der Waals surface area contributed by atoms with Gasteiger partial charge in [0.2, 0.25) is 5.91 Å². The SMILES string of the molecule is CCCCCC(=O)C(CC(N)=O)C(=O)O. The van der Waals surface area contributed by atoms with Crippen LogP contribution in [-0.2, 0) is 14.4 Å². The summed E-state index contributed by atoms with van der Waals surface area (Å²) in [6.07, 6.45) is 2.31. The number of amides is 1. The highest BCUT2D eigenvalue weighted by Gasteiger charge is 2.27. The van der Waals surface area contributed by atoms with Crippen LogP contribution >= 0.6 is 0 Å². The Morgan fingerprint density at radius 2 is 1.87 bits per heavy atom. The Hall–Kier alpha value is -1.39. The van der Waals surface area contributed by atoms with Crippen molar-refractivity contribution >= 4 is 17.7 Å². The highest BCUT2D eigenvalue weighted by atomic mass is 16.4. The van der Waals surface area contributed by atoms with E-state index in [-0.39, 0.29) is 6.42 Å². The summed E-state index contributed by atoms with van der Waals surface area (Å²) in [5.41, 5.74) is 4.87. The number of aliphatic carboxylic acids is 1. The van der Waals surface area contributed by atoms with Crippen LogP contribution in [0.25, 0.3) is 0 Å². The van der Waals surface area contributed by atoms with E-state index in [1.54, 1.807) is 0 Å². The predicted molar refractivity (Wildman–Crippen MR) is 54.1 cm³/mol. The molecule has 0 heterocycles. The first-order valence-electron chi connectivity index (χ1n) is 5.02. The molecule has 0 aromatic heterocycles. The van der Waals surface area contributed by atoms with Gasteiger partial charge in [0, 0.05) is 12.8 Å². The van der Waals surface area contributed by atoms with Crippen LogP contribution in [0.15, 0.2) is 0 Å². The molecule has 3 N–H and O–H groups in total. The van der Waals surface area contributed by atoms with Gasteiger partial charge < -0.3 is 10.8 Å². The maximum Gasteiger partial charge on any atom is 0.314 e. The van der Waals surface area contributed by atoms with Crippen molar-refractivity contribution in [1.82, 2.24) is 0 Å². The van der Waals surface area contributed by atoms with E-state index in [0.29, 0.717) is 6.42 Å². The van der Waals surface area contributed by atoms with Gasteiger partial charge in [-0.05, 0) is 6.42 Å². The number of unbranched alkanes of at least 4 members (excludes halogenated alkanes) is 2. The second-order valence-corrected chi connectivity index (χ2v) is 3.48. The van der Waals surface area contributed by atoms with Gasteiger partial charge in [0.15, 0.2) is 0 Å². The van der Waals surface area contributed by atoms with Crippen molar-refractivity contribution in [3.8, 4) is 0 Å². The number of rotatable bonds is 8. The monoisotopic (exact) mass is 215 g/mol. The zero-order chi connectivity index (χ0) is 11.8. The first-order chi connectivity index (χ1) is 6.99. The van der Waals surface area contributed by atoms with Crippen LogP contribution in [0.2, 0.25) is 0 Å². The van der Waals surface area contributed by atoms with Gasteiger partial charge in [-0.3, -0.25) is 14.4 Å². The molecule has 0 spiro atoms. The molecule has 5 nitrogen and oxygen atoms in total. The van der Waals surface area contributed by atoms with Crippen LogP contribution < -0.4 is 5.73 Å². The molecule has 0 aromatic carbocycles. The highest BCUT2D eigenvalue weighted by molar-refractivity contribution is 6.01. The molecule has 0 radical (unpaired) electrons. The molecule has 0 aliphatic carbocycles. The summed E-state index contributed by atoms with van der Waals surface area (Å²) in [4.78, 5) is 32.6. The van der Waals surface area contributed by atoms with Gasteiger partial charge in [-0.25, -0.2) is 0 Å². The van der Waals surface area contributed by atoms with Crippen molar-refractivity contribution < 1.29 is 19.5 Å². The van der Waals surface area contributed by atoms with Gasteiger partial charge in [-0.1, -0.05) is 19.8 Å². The molecule has 0 saturated heterocycles. The summed E-state index contributed by atoms with van der Waals surface area (Å²) >= 11 is 0. The first-order valence-corrected chi connectivity index (χ1v) is 5.02. The van der Waals surface area contributed by atoms with Gasteiger partial charge in [-0.2, -0.15) is 0 Å². The third-order valence-corrected chi connectivity index (χ3v) is 2.12. The van der Waals surface area contributed by atoms with E-state index in [0.717, 1.165) is 12.8 Å². The van der Waals surface area contributed by atoms with E-state index in [4.69, 9.17) is 10.8 Å². The molecule has 86 valence electrons. The van der Waals surface area contributed by atoms with Crippen molar-refractivity contribution in [3.05, 3.63) is 0 Å². The third kappa shape index (κ3) is 5.83. The Morgan fingerprint density at radius 3 is 2.27 bits per heavy atom. The molecule has 0 rings (SSSR count). The van der Waals surface area contributed by atoms with E-state index >= 15 is 0 Å². The molecule has 0 saturated carbocycles. The van der Waals surface area contributed by atoms with Crippen molar-refractivity contribution in [2.45, 2.75) is 39.0 Å². The third-order valence-electron chi connectivity index (χ3n) is 2.12. The van der Waals surface area contributed by atoms with Crippen molar-refractivity contribution in [2.75, 3.05) is 0 Å². The largest absolute Gasteiger partial charge is 0.481 e. The lowest BCUT2D eigenvalue weighted by Crippen LogP contribution is -2.29. The van der Waals surface area contributed by atoms with E-state index in [1.807, 2.05) is 6.92 Å². The summed E-state index contributed by atoms with van der Waals surface area (Å²) in [6, 6.07) is 0.